The van der Waals surface area contributed by atoms with E-state index in [1.54, 1.807) is 0 Å². The highest BCUT2D eigenvalue weighted by atomic mass is 16.2. The number of anilines is 1. The molecular weight excluding hydrogens is 242 g/mol. The Morgan fingerprint density at radius 3 is 2.58 bits per heavy atom. The number of benzene rings is 1. The first-order valence-electron chi connectivity index (χ1n) is 6.46. The molecule has 19 heavy (non-hydrogen) atoms. The zero-order valence-corrected chi connectivity index (χ0v) is 11.2. The molecule has 1 aliphatic carbocycles. The Morgan fingerprint density at radius 1 is 1.21 bits per heavy atom. The first-order valence-corrected chi connectivity index (χ1v) is 6.46. The summed E-state index contributed by atoms with van der Waals surface area (Å²) in [5, 5.41) is 3.05. The molecule has 5 heteroatoms. The lowest BCUT2D eigenvalue weighted by Gasteiger charge is -2.11. The van der Waals surface area contributed by atoms with Crippen molar-refractivity contribution in [2.45, 2.75) is 26.7 Å². The molecule has 0 heterocycles. The summed E-state index contributed by atoms with van der Waals surface area (Å²) in [7, 11) is 0. The molecular formula is C14H19N3O2. The highest BCUT2D eigenvalue weighted by Gasteiger charge is 2.29. The van der Waals surface area contributed by atoms with Crippen LogP contribution in [0.4, 0.5) is 5.69 Å². The second-order valence-corrected chi connectivity index (χ2v) is 4.98. The van der Waals surface area contributed by atoms with Crippen LogP contribution in [0.3, 0.4) is 0 Å². The molecule has 0 bridgehead atoms. The summed E-state index contributed by atoms with van der Waals surface area (Å²) in [6.45, 7) is 4.15. The van der Waals surface area contributed by atoms with Gasteiger partial charge < -0.3 is 5.32 Å². The van der Waals surface area contributed by atoms with Crippen molar-refractivity contribution in [3.8, 4) is 0 Å². The molecule has 0 aromatic heterocycles. The van der Waals surface area contributed by atoms with E-state index in [0.717, 1.165) is 24.1 Å². The van der Waals surface area contributed by atoms with Crippen LogP contribution in [0.2, 0.25) is 0 Å². The van der Waals surface area contributed by atoms with Gasteiger partial charge in [-0.1, -0.05) is 17.7 Å². The van der Waals surface area contributed by atoms with Crippen LogP contribution < -0.4 is 16.2 Å². The number of aryl methyl sites for hydroxylation is 2. The van der Waals surface area contributed by atoms with Crippen LogP contribution in [0.1, 0.15) is 24.0 Å². The number of carbonyl (C=O) groups excluding carboxylic acids is 2. The maximum atomic E-state index is 11.6. The van der Waals surface area contributed by atoms with Gasteiger partial charge in [-0.15, -0.1) is 0 Å². The predicted molar refractivity (Wildman–Crippen MR) is 73.4 cm³/mol. The molecule has 1 aromatic carbocycles. The van der Waals surface area contributed by atoms with Crippen LogP contribution in [0, 0.1) is 19.8 Å². The molecule has 1 aliphatic rings. The van der Waals surface area contributed by atoms with Crippen LogP contribution in [0.25, 0.3) is 0 Å². The van der Waals surface area contributed by atoms with E-state index in [-0.39, 0.29) is 24.3 Å². The van der Waals surface area contributed by atoms with Gasteiger partial charge in [-0.25, -0.2) is 0 Å². The normalized spacial score (nSPS) is 13.8. The van der Waals surface area contributed by atoms with Gasteiger partial charge in [0.1, 0.15) is 0 Å². The standard InChI is InChI=1S/C14H19N3O2/c1-9-3-6-12(10(2)7-9)15-8-13(18)16-17-14(19)11-4-5-11/h3,6-7,11,15H,4-5,8H2,1-2H3,(H,16,18)(H,17,19). The Morgan fingerprint density at radius 2 is 1.95 bits per heavy atom. The molecule has 1 aromatic rings. The van der Waals surface area contributed by atoms with Crippen molar-refractivity contribution in [1.82, 2.24) is 10.9 Å². The van der Waals surface area contributed by atoms with Crippen LogP contribution in [0.15, 0.2) is 18.2 Å². The summed E-state index contributed by atoms with van der Waals surface area (Å²) >= 11 is 0. The van der Waals surface area contributed by atoms with E-state index in [4.69, 9.17) is 0 Å². The van der Waals surface area contributed by atoms with Crippen LogP contribution in [-0.4, -0.2) is 18.4 Å². The Hall–Kier alpha value is -2.04. The lowest BCUT2D eigenvalue weighted by Crippen LogP contribution is -2.44. The number of hydrazine groups is 1. The van der Waals surface area contributed by atoms with Crippen molar-refractivity contribution in [1.29, 1.82) is 0 Å². The Kier molecular flexibility index (Phi) is 4.04. The van der Waals surface area contributed by atoms with Gasteiger partial charge in [0, 0.05) is 11.6 Å². The van der Waals surface area contributed by atoms with E-state index >= 15 is 0 Å². The first-order chi connectivity index (χ1) is 9.06. The van der Waals surface area contributed by atoms with Gasteiger partial charge in [0.25, 0.3) is 5.91 Å². The maximum absolute atomic E-state index is 11.6. The summed E-state index contributed by atoms with van der Waals surface area (Å²) in [6, 6.07) is 5.98. The highest BCUT2D eigenvalue weighted by Crippen LogP contribution is 2.28. The van der Waals surface area contributed by atoms with Gasteiger partial charge in [0.15, 0.2) is 0 Å². The summed E-state index contributed by atoms with van der Waals surface area (Å²) in [5.41, 5.74) is 8.03. The Bertz CT molecular complexity index is 495. The number of rotatable bonds is 4. The fraction of sp³-hybridized carbons (Fsp3) is 0.429. The first kappa shape index (κ1) is 13.4. The minimum Gasteiger partial charge on any atom is -0.376 e. The van der Waals surface area contributed by atoms with Crippen molar-refractivity contribution in [3.63, 3.8) is 0 Å². The minimum atomic E-state index is -0.256. The van der Waals surface area contributed by atoms with Crippen molar-refractivity contribution in [2.24, 2.45) is 5.92 Å². The fourth-order valence-electron chi connectivity index (χ4n) is 1.81. The zero-order chi connectivity index (χ0) is 13.8. The van der Waals surface area contributed by atoms with Gasteiger partial charge in [0.2, 0.25) is 5.91 Å². The Balaban J connectivity index is 1.74. The molecule has 5 nitrogen and oxygen atoms in total. The minimum absolute atomic E-state index is 0.0904. The third kappa shape index (κ3) is 3.98. The number of amides is 2. The van der Waals surface area contributed by atoms with E-state index in [9.17, 15) is 9.59 Å². The Labute approximate surface area is 112 Å². The van der Waals surface area contributed by atoms with Gasteiger partial charge in [-0.2, -0.15) is 0 Å². The summed E-state index contributed by atoms with van der Waals surface area (Å²) in [6.07, 6.45) is 1.84. The average Bonchev–Trinajstić information content (AvgIpc) is 3.19. The largest absolute Gasteiger partial charge is 0.376 e. The smallest absolute Gasteiger partial charge is 0.257 e. The molecule has 1 saturated carbocycles. The number of carbonyl (C=O) groups is 2. The predicted octanol–water partition coefficient (Wildman–Crippen LogP) is 1.27. The van der Waals surface area contributed by atoms with Crippen molar-refractivity contribution in [3.05, 3.63) is 29.3 Å². The van der Waals surface area contributed by atoms with E-state index in [1.165, 1.54) is 5.56 Å². The third-order valence-corrected chi connectivity index (χ3v) is 3.09. The molecule has 0 atom stereocenters. The molecule has 3 N–H and O–H groups in total. The number of nitrogens with one attached hydrogen (secondary N) is 3. The highest BCUT2D eigenvalue weighted by molar-refractivity contribution is 5.86. The average molecular weight is 261 g/mol. The van der Waals surface area contributed by atoms with Crippen molar-refractivity contribution < 1.29 is 9.59 Å². The second-order valence-electron chi connectivity index (χ2n) is 4.98. The third-order valence-electron chi connectivity index (χ3n) is 3.09. The molecule has 2 amide bonds. The van der Waals surface area contributed by atoms with Crippen LogP contribution in [0.5, 0.6) is 0 Å². The lowest BCUT2D eigenvalue weighted by molar-refractivity contribution is -0.128. The van der Waals surface area contributed by atoms with E-state index < -0.39 is 0 Å². The molecule has 0 radical (unpaired) electrons. The van der Waals surface area contributed by atoms with Crippen molar-refractivity contribution >= 4 is 17.5 Å². The molecule has 1 fully saturated rings. The molecule has 0 saturated heterocycles. The fourth-order valence-corrected chi connectivity index (χ4v) is 1.81. The van der Waals surface area contributed by atoms with Gasteiger partial charge >= 0.3 is 0 Å². The molecule has 102 valence electrons. The zero-order valence-electron chi connectivity index (χ0n) is 11.2. The maximum Gasteiger partial charge on any atom is 0.257 e. The number of hydrogen-bond donors (Lipinski definition) is 3. The molecule has 0 unspecified atom stereocenters. The van der Waals surface area contributed by atoms with Crippen LogP contribution >= 0.6 is 0 Å². The number of hydrogen-bond acceptors (Lipinski definition) is 3. The van der Waals surface area contributed by atoms with Crippen LogP contribution in [-0.2, 0) is 9.59 Å². The molecule has 2 rings (SSSR count). The van der Waals surface area contributed by atoms with E-state index in [2.05, 4.69) is 22.2 Å². The van der Waals surface area contributed by atoms with E-state index in [0.29, 0.717) is 0 Å². The topological polar surface area (TPSA) is 70.2 Å². The summed E-state index contributed by atoms with van der Waals surface area (Å²) < 4.78 is 0. The monoisotopic (exact) mass is 261 g/mol. The molecule has 0 aliphatic heterocycles. The SMILES string of the molecule is Cc1ccc(NCC(=O)NNC(=O)C2CC2)c(C)c1. The van der Waals surface area contributed by atoms with Gasteiger partial charge in [-0.3, -0.25) is 20.4 Å². The van der Waals surface area contributed by atoms with Gasteiger partial charge in [0.05, 0.1) is 6.54 Å². The van der Waals surface area contributed by atoms with E-state index in [1.807, 2.05) is 26.0 Å². The summed E-state index contributed by atoms with van der Waals surface area (Å²) in [4.78, 5) is 22.9. The molecule has 0 spiro atoms. The van der Waals surface area contributed by atoms with Gasteiger partial charge in [-0.05, 0) is 38.3 Å². The lowest BCUT2D eigenvalue weighted by atomic mass is 10.1. The summed E-state index contributed by atoms with van der Waals surface area (Å²) in [5.74, 6) is -0.263. The quantitative estimate of drug-likeness (QED) is 0.715. The second kappa shape index (κ2) is 5.73. The van der Waals surface area contributed by atoms with Crippen molar-refractivity contribution in [2.75, 3.05) is 11.9 Å².